The Morgan fingerprint density at radius 1 is 1.08 bits per heavy atom. The molecule has 7 nitrogen and oxygen atoms in total. The van der Waals surface area contributed by atoms with Gasteiger partial charge in [-0.15, -0.1) is 0 Å². The smallest absolute Gasteiger partial charge is 0.336 e. The normalized spacial score (nSPS) is 10.4. The highest BCUT2D eigenvalue weighted by Crippen LogP contribution is 2.25. The summed E-state index contributed by atoms with van der Waals surface area (Å²) < 4.78 is 15.4. The standard InChI is InChI=1S/C17H15NO6/c1-22-14-7-8-16(23-2)12(10-14)6-9-17(19)24-15-5-3-4-13(11-15)18(20)21/h3-11H,1-2H3/b9-6+. The van der Waals surface area contributed by atoms with E-state index in [1.165, 1.54) is 50.6 Å². The third-order valence-corrected chi connectivity index (χ3v) is 3.08. The Morgan fingerprint density at radius 2 is 1.88 bits per heavy atom. The van der Waals surface area contributed by atoms with Crippen molar-refractivity contribution in [2.24, 2.45) is 0 Å². The zero-order chi connectivity index (χ0) is 17.5. The maximum atomic E-state index is 11.9. The molecular formula is C17H15NO6. The molecule has 0 radical (unpaired) electrons. The maximum Gasteiger partial charge on any atom is 0.336 e. The Kier molecular flexibility index (Phi) is 5.51. The lowest BCUT2D eigenvalue weighted by Crippen LogP contribution is -2.04. The third-order valence-electron chi connectivity index (χ3n) is 3.08. The van der Waals surface area contributed by atoms with E-state index in [0.29, 0.717) is 17.1 Å². The number of carbonyl (C=O) groups is 1. The highest BCUT2D eigenvalue weighted by atomic mass is 16.6. The number of hydrogen-bond donors (Lipinski definition) is 0. The monoisotopic (exact) mass is 329 g/mol. The highest BCUT2D eigenvalue weighted by Gasteiger charge is 2.09. The molecule has 7 heteroatoms. The van der Waals surface area contributed by atoms with Gasteiger partial charge in [-0.05, 0) is 30.3 Å². The summed E-state index contributed by atoms with van der Waals surface area (Å²) in [6, 6.07) is 10.5. The number of methoxy groups -OCH3 is 2. The van der Waals surface area contributed by atoms with Gasteiger partial charge < -0.3 is 14.2 Å². The van der Waals surface area contributed by atoms with Gasteiger partial charge in [0.05, 0.1) is 25.2 Å². The van der Waals surface area contributed by atoms with E-state index in [1.807, 2.05) is 0 Å². The summed E-state index contributed by atoms with van der Waals surface area (Å²) in [4.78, 5) is 22.0. The topological polar surface area (TPSA) is 87.9 Å². The first kappa shape index (κ1) is 17.0. The van der Waals surface area contributed by atoms with E-state index < -0.39 is 10.9 Å². The molecule has 0 spiro atoms. The molecule has 2 rings (SSSR count). The van der Waals surface area contributed by atoms with Crippen LogP contribution in [0.5, 0.6) is 17.2 Å². The molecule has 0 aliphatic carbocycles. The van der Waals surface area contributed by atoms with Gasteiger partial charge in [-0.25, -0.2) is 4.79 Å². The number of ether oxygens (including phenoxy) is 3. The molecule has 0 aliphatic heterocycles. The summed E-state index contributed by atoms with van der Waals surface area (Å²) in [7, 11) is 3.05. The van der Waals surface area contributed by atoms with Gasteiger partial charge in [0.25, 0.3) is 5.69 Å². The van der Waals surface area contributed by atoms with Crippen LogP contribution in [0.1, 0.15) is 5.56 Å². The second kappa shape index (κ2) is 7.77. The van der Waals surface area contributed by atoms with Crippen molar-refractivity contribution in [2.45, 2.75) is 0 Å². The number of non-ortho nitro benzene ring substituents is 1. The van der Waals surface area contributed by atoms with Crippen molar-refractivity contribution < 1.29 is 23.9 Å². The molecule has 24 heavy (non-hydrogen) atoms. The van der Waals surface area contributed by atoms with Gasteiger partial charge in [-0.2, -0.15) is 0 Å². The lowest BCUT2D eigenvalue weighted by Gasteiger charge is -2.07. The second-order valence-electron chi connectivity index (χ2n) is 4.62. The number of hydrogen-bond acceptors (Lipinski definition) is 6. The van der Waals surface area contributed by atoms with Gasteiger partial charge in [0.1, 0.15) is 17.2 Å². The van der Waals surface area contributed by atoms with Crippen LogP contribution < -0.4 is 14.2 Å². The van der Waals surface area contributed by atoms with Gasteiger partial charge in [0.2, 0.25) is 0 Å². The maximum absolute atomic E-state index is 11.9. The van der Waals surface area contributed by atoms with Crippen molar-refractivity contribution >= 4 is 17.7 Å². The van der Waals surface area contributed by atoms with E-state index in [0.717, 1.165) is 0 Å². The average Bonchev–Trinajstić information content (AvgIpc) is 2.59. The summed E-state index contributed by atoms with van der Waals surface area (Å²) in [6.07, 6.45) is 2.72. The average molecular weight is 329 g/mol. The number of benzene rings is 2. The fourth-order valence-corrected chi connectivity index (χ4v) is 1.94. The Morgan fingerprint density at radius 3 is 2.54 bits per heavy atom. The molecule has 2 aromatic rings. The van der Waals surface area contributed by atoms with Crippen LogP contribution in [0.2, 0.25) is 0 Å². The van der Waals surface area contributed by atoms with E-state index >= 15 is 0 Å². The highest BCUT2D eigenvalue weighted by molar-refractivity contribution is 5.89. The number of nitrogens with zero attached hydrogens (tertiary/aromatic N) is 1. The molecule has 0 saturated carbocycles. The molecule has 2 aromatic carbocycles. The predicted octanol–water partition coefficient (Wildman–Crippen LogP) is 3.23. The Balaban J connectivity index is 2.13. The molecule has 0 fully saturated rings. The molecule has 0 amide bonds. The first-order valence-electron chi connectivity index (χ1n) is 6.90. The molecule has 0 aliphatic rings. The summed E-state index contributed by atoms with van der Waals surface area (Å²) in [5, 5.41) is 10.7. The second-order valence-corrected chi connectivity index (χ2v) is 4.62. The quantitative estimate of drug-likeness (QED) is 0.266. The number of rotatable bonds is 6. The van der Waals surface area contributed by atoms with Gasteiger partial charge >= 0.3 is 5.97 Å². The van der Waals surface area contributed by atoms with E-state index in [2.05, 4.69) is 0 Å². The van der Waals surface area contributed by atoms with Crippen molar-refractivity contribution in [3.63, 3.8) is 0 Å². The van der Waals surface area contributed by atoms with Crippen LogP contribution in [0.25, 0.3) is 6.08 Å². The van der Waals surface area contributed by atoms with Crippen molar-refractivity contribution in [3.05, 3.63) is 64.2 Å². The van der Waals surface area contributed by atoms with Crippen LogP contribution in [0.3, 0.4) is 0 Å². The van der Waals surface area contributed by atoms with Gasteiger partial charge in [-0.1, -0.05) is 6.07 Å². The Bertz CT molecular complexity index is 784. The van der Waals surface area contributed by atoms with E-state index in [1.54, 1.807) is 18.2 Å². The summed E-state index contributed by atoms with van der Waals surface area (Å²) in [5.41, 5.74) is 0.478. The van der Waals surface area contributed by atoms with Gasteiger partial charge in [0, 0.05) is 17.7 Å². The summed E-state index contributed by atoms with van der Waals surface area (Å²) >= 11 is 0. The zero-order valence-electron chi connectivity index (χ0n) is 13.1. The largest absolute Gasteiger partial charge is 0.497 e. The van der Waals surface area contributed by atoms with E-state index in [9.17, 15) is 14.9 Å². The molecule has 0 unspecified atom stereocenters. The first-order valence-corrected chi connectivity index (χ1v) is 6.90. The third kappa shape index (κ3) is 4.33. The van der Waals surface area contributed by atoms with Crippen LogP contribution in [0, 0.1) is 10.1 Å². The SMILES string of the molecule is COc1ccc(OC)c(/C=C/C(=O)Oc2cccc([N+](=O)[O-])c2)c1. The molecule has 0 heterocycles. The molecule has 0 atom stereocenters. The van der Waals surface area contributed by atoms with Crippen LogP contribution in [-0.4, -0.2) is 25.1 Å². The van der Waals surface area contributed by atoms with E-state index in [-0.39, 0.29) is 11.4 Å². The molecule has 0 bridgehead atoms. The number of nitro groups is 1. The minimum Gasteiger partial charge on any atom is -0.497 e. The predicted molar refractivity (Wildman–Crippen MR) is 87.3 cm³/mol. The molecule has 0 N–H and O–H groups in total. The Labute approximate surface area is 138 Å². The molecule has 124 valence electrons. The van der Waals surface area contributed by atoms with Crippen LogP contribution >= 0.6 is 0 Å². The zero-order valence-corrected chi connectivity index (χ0v) is 13.1. The van der Waals surface area contributed by atoms with Crippen molar-refractivity contribution in [2.75, 3.05) is 14.2 Å². The number of nitro benzene ring substituents is 1. The summed E-state index contributed by atoms with van der Waals surface area (Å²) in [5.74, 6) is 0.606. The van der Waals surface area contributed by atoms with Crippen molar-refractivity contribution in [1.29, 1.82) is 0 Å². The van der Waals surface area contributed by atoms with Crippen molar-refractivity contribution in [1.82, 2.24) is 0 Å². The summed E-state index contributed by atoms with van der Waals surface area (Å²) in [6.45, 7) is 0. The fraction of sp³-hybridized carbons (Fsp3) is 0.118. The minimum atomic E-state index is -0.666. The van der Waals surface area contributed by atoms with Crippen LogP contribution in [0.4, 0.5) is 5.69 Å². The molecule has 0 aromatic heterocycles. The first-order chi connectivity index (χ1) is 11.5. The molecular weight excluding hydrogens is 314 g/mol. The minimum absolute atomic E-state index is 0.0939. The lowest BCUT2D eigenvalue weighted by atomic mass is 10.1. The fourth-order valence-electron chi connectivity index (χ4n) is 1.94. The van der Waals surface area contributed by atoms with Gasteiger partial charge in [-0.3, -0.25) is 10.1 Å². The van der Waals surface area contributed by atoms with Crippen LogP contribution in [-0.2, 0) is 4.79 Å². The van der Waals surface area contributed by atoms with Crippen molar-refractivity contribution in [3.8, 4) is 17.2 Å². The lowest BCUT2D eigenvalue weighted by molar-refractivity contribution is -0.384. The number of esters is 1. The number of carbonyl (C=O) groups excluding carboxylic acids is 1. The van der Waals surface area contributed by atoms with Gasteiger partial charge in [0.15, 0.2) is 0 Å². The van der Waals surface area contributed by atoms with Crippen LogP contribution in [0.15, 0.2) is 48.5 Å². The Hall–Kier alpha value is -3.35. The molecule has 0 saturated heterocycles. The van der Waals surface area contributed by atoms with E-state index in [4.69, 9.17) is 14.2 Å².